The van der Waals surface area contributed by atoms with E-state index >= 15 is 0 Å². The molecular weight excluding hydrogens is 324 g/mol. The highest BCUT2D eigenvalue weighted by Gasteiger charge is 2.42. The minimum absolute atomic E-state index is 0.678. The fourth-order valence-corrected chi connectivity index (χ4v) is 4.82. The summed E-state index contributed by atoms with van der Waals surface area (Å²) in [5, 5.41) is 0. The summed E-state index contributed by atoms with van der Waals surface area (Å²) in [6.07, 6.45) is 8.40. The van der Waals surface area contributed by atoms with Gasteiger partial charge in [-0.25, -0.2) is 19.9 Å². The van der Waals surface area contributed by atoms with Gasteiger partial charge in [0.25, 0.3) is 0 Å². The maximum atomic E-state index is 4.83. The maximum Gasteiger partial charge on any atom is 0.225 e. The summed E-state index contributed by atoms with van der Waals surface area (Å²) in [4.78, 5) is 23.5. The molecule has 2 fully saturated rings. The molecule has 5 rings (SSSR count). The van der Waals surface area contributed by atoms with Crippen LogP contribution in [0.4, 0.5) is 11.8 Å². The van der Waals surface area contributed by atoms with Crippen LogP contribution in [0.15, 0.2) is 12.4 Å². The van der Waals surface area contributed by atoms with Crippen molar-refractivity contribution < 1.29 is 0 Å². The van der Waals surface area contributed by atoms with Gasteiger partial charge in [-0.3, -0.25) is 0 Å². The molecule has 2 aliphatic heterocycles. The van der Waals surface area contributed by atoms with E-state index in [0.29, 0.717) is 11.8 Å². The average Bonchev–Trinajstić information content (AvgIpc) is 3.35. The van der Waals surface area contributed by atoms with Gasteiger partial charge in [0.05, 0.1) is 0 Å². The molecule has 6 heteroatoms. The van der Waals surface area contributed by atoms with E-state index < -0.39 is 0 Å². The molecule has 3 aliphatic rings. The molecule has 0 bridgehead atoms. The molecule has 0 saturated carbocycles. The van der Waals surface area contributed by atoms with Gasteiger partial charge in [0.2, 0.25) is 5.95 Å². The lowest BCUT2D eigenvalue weighted by Crippen LogP contribution is -2.31. The van der Waals surface area contributed by atoms with Crippen LogP contribution in [-0.4, -0.2) is 46.1 Å². The highest BCUT2D eigenvalue weighted by Crippen LogP contribution is 2.37. The van der Waals surface area contributed by atoms with Gasteiger partial charge in [0.1, 0.15) is 11.6 Å². The summed E-state index contributed by atoms with van der Waals surface area (Å²) in [5.41, 5.74) is 3.90. The second-order valence-corrected chi connectivity index (χ2v) is 7.95. The second-order valence-electron chi connectivity index (χ2n) is 7.95. The molecule has 1 aliphatic carbocycles. The largest absolute Gasteiger partial charge is 0.356 e. The monoisotopic (exact) mass is 350 g/mol. The molecule has 2 aromatic rings. The third kappa shape index (κ3) is 2.63. The summed E-state index contributed by atoms with van der Waals surface area (Å²) in [5.74, 6) is 4.38. The van der Waals surface area contributed by atoms with E-state index in [9.17, 15) is 0 Å². The molecule has 2 saturated heterocycles. The number of hydrogen-bond donors (Lipinski definition) is 0. The van der Waals surface area contributed by atoms with E-state index in [4.69, 9.17) is 4.98 Å². The molecule has 2 aromatic heterocycles. The van der Waals surface area contributed by atoms with Gasteiger partial charge in [-0.15, -0.1) is 0 Å². The van der Waals surface area contributed by atoms with Gasteiger partial charge in [-0.2, -0.15) is 0 Å². The number of fused-ring (bicyclic) bond motifs is 2. The third-order valence-corrected chi connectivity index (χ3v) is 6.19. The van der Waals surface area contributed by atoms with Crippen LogP contribution < -0.4 is 9.80 Å². The number of aromatic nitrogens is 4. The Hall–Kier alpha value is -2.24. The normalized spacial score (nSPS) is 24.2. The van der Waals surface area contributed by atoms with Crippen molar-refractivity contribution in [1.29, 1.82) is 0 Å². The molecule has 26 heavy (non-hydrogen) atoms. The van der Waals surface area contributed by atoms with Crippen LogP contribution in [0.25, 0.3) is 0 Å². The summed E-state index contributed by atoms with van der Waals surface area (Å²) >= 11 is 0. The second kappa shape index (κ2) is 6.18. The first-order valence-corrected chi connectivity index (χ1v) is 9.88. The molecule has 0 radical (unpaired) electrons. The topological polar surface area (TPSA) is 58.0 Å². The highest BCUT2D eigenvalue weighted by molar-refractivity contribution is 5.53. The van der Waals surface area contributed by atoms with E-state index in [0.717, 1.165) is 57.2 Å². The molecule has 2 atom stereocenters. The van der Waals surface area contributed by atoms with Crippen LogP contribution >= 0.6 is 0 Å². The number of hydrogen-bond acceptors (Lipinski definition) is 6. The Labute approximate surface area is 154 Å². The van der Waals surface area contributed by atoms with Crippen molar-refractivity contribution in [2.45, 2.75) is 39.5 Å². The van der Waals surface area contributed by atoms with E-state index in [1.807, 2.05) is 19.3 Å². The molecular formula is C20H26N6. The van der Waals surface area contributed by atoms with Crippen LogP contribution in [0, 0.1) is 18.8 Å². The SMILES string of the molecule is CCc1cnc(N2CC3CN(c4nc(C)nc5c4CCC5)CC3C2)nc1. The van der Waals surface area contributed by atoms with E-state index in [2.05, 4.69) is 31.7 Å². The predicted octanol–water partition coefficient (Wildman–Crippen LogP) is 2.20. The smallest absolute Gasteiger partial charge is 0.225 e. The lowest BCUT2D eigenvalue weighted by atomic mass is 10.0. The summed E-state index contributed by atoms with van der Waals surface area (Å²) < 4.78 is 0. The van der Waals surface area contributed by atoms with E-state index in [1.165, 1.54) is 29.1 Å². The van der Waals surface area contributed by atoms with Gasteiger partial charge in [-0.1, -0.05) is 6.92 Å². The lowest BCUT2D eigenvalue weighted by Gasteiger charge is -2.24. The fraction of sp³-hybridized carbons (Fsp3) is 0.600. The summed E-state index contributed by atoms with van der Waals surface area (Å²) in [7, 11) is 0. The first kappa shape index (κ1) is 16.0. The molecule has 2 unspecified atom stereocenters. The Morgan fingerprint density at radius 3 is 2.35 bits per heavy atom. The molecule has 0 N–H and O–H groups in total. The number of rotatable bonds is 3. The minimum atomic E-state index is 0.678. The van der Waals surface area contributed by atoms with Gasteiger partial charge in [0.15, 0.2) is 0 Å². The molecule has 0 amide bonds. The number of anilines is 2. The van der Waals surface area contributed by atoms with Crippen molar-refractivity contribution >= 4 is 11.8 Å². The molecule has 0 spiro atoms. The zero-order chi connectivity index (χ0) is 17.7. The Kier molecular flexibility index (Phi) is 3.80. The van der Waals surface area contributed by atoms with Crippen LogP contribution in [0.5, 0.6) is 0 Å². The van der Waals surface area contributed by atoms with Crippen molar-refractivity contribution in [2.75, 3.05) is 36.0 Å². The van der Waals surface area contributed by atoms with Gasteiger partial charge >= 0.3 is 0 Å². The van der Waals surface area contributed by atoms with Gasteiger partial charge in [0, 0.05) is 61.7 Å². The number of aryl methyl sites for hydroxylation is 3. The van der Waals surface area contributed by atoms with Crippen molar-refractivity contribution in [1.82, 2.24) is 19.9 Å². The van der Waals surface area contributed by atoms with Gasteiger partial charge < -0.3 is 9.80 Å². The fourth-order valence-electron chi connectivity index (χ4n) is 4.82. The van der Waals surface area contributed by atoms with Crippen LogP contribution in [0.2, 0.25) is 0 Å². The molecule has 136 valence electrons. The number of nitrogens with zero attached hydrogens (tertiary/aromatic N) is 6. The maximum absolute atomic E-state index is 4.83. The van der Waals surface area contributed by atoms with Crippen LogP contribution in [0.1, 0.15) is 36.0 Å². The lowest BCUT2D eigenvalue weighted by molar-refractivity contribution is 0.533. The third-order valence-electron chi connectivity index (χ3n) is 6.19. The summed E-state index contributed by atoms with van der Waals surface area (Å²) in [6, 6.07) is 0. The molecule has 6 nitrogen and oxygen atoms in total. The standard InChI is InChI=1S/C20H26N6/c1-3-14-7-21-20(22-8-14)26-11-15-9-25(10-16(15)12-26)19-17-5-4-6-18(17)23-13(2)24-19/h7-8,15-16H,3-6,9-12H2,1-2H3. The van der Waals surface area contributed by atoms with Crippen molar-refractivity contribution in [3.8, 4) is 0 Å². The Balaban J connectivity index is 1.32. The minimum Gasteiger partial charge on any atom is -0.356 e. The van der Waals surface area contributed by atoms with Crippen LogP contribution in [0.3, 0.4) is 0 Å². The average molecular weight is 350 g/mol. The Morgan fingerprint density at radius 2 is 1.65 bits per heavy atom. The Morgan fingerprint density at radius 1 is 0.962 bits per heavy atom. The molecule has 4 heterocycles. The van der Waals surface area contributed by atoms with Crippen molar-refractivity contribution in [3.05, 3.63) is 35.0 Å². The van der Waals surface area contributed by atoms with E-state index in [1.54, 1.807) is 0 Å². The first-order valence-electron chi connectivity index (χ1n) is 9.88. The first-order chi connectivity index (χ1) is 12.7. The highest BCUT2D eigenvalue weighted by atomic mass is 15.3. The quantitative estimate of drug-likeness (QED) is 0.846. The summed E-state index contributed by atoms with van der Waals surface area (Å²) in [6.45, 7) is 8.46. The van der Waals surface area contributed by atoms with Crippen molar-refractivity contribution in [3.63, 3.8) is 0 Å². The zero-order valence-electron chi connectivity index (χ0n) is 15.6. The van der Waals surface area contributed by atoms with Gasteiger partial charge in [-0.05, 0) is 38.2 Å². The Bertz CT molecular complexity index is 804. The predicted molar refractivity (Wildman–Crippen MR) is 102 cm³/mol. The van der Waals surface area contributed by atoms with E-state index in [-0.39, 0.29) is 0 Å². The van der Waals surface area contributed by atoms with Crippen LogP contribution in [-0.2, 0) is 19.3 Å². The van der Waals surface area contributed by atoms with Crippen molar-refractivity contribution in [2.24, 2.45) is 11.8 Å². The molecule has 0 aromatic carbocycles. The zero-order valence-corrected chi connectivity index (χ0v) is 15.6.